The summed E-state index contributed by atoms with van der Waals surface area (Å²) in [7, 11) is 0. The number of halogens is 1. The van der Waals surface area contributed by atoms with Crippen LogP contribution in [0.5, 0.6) is 0 Å². The number of pyridine rings is 3. The van der Waals surface area contributed by atoms with Crippen LogP contribution >= 0.6 is 0 Å². The van der Waals surface area contributed by atoms with E-state index in [-0.39, 0.29) is 16.9 Å². The van der Waals surface area contributed by atoms with Crippen molar-refractivity contribution in [1.82, 2.24) is 14.5 Å². The number of fused-ring (bicyclic) bond motifs is 3. The summed E-state index contributed by atoms with van der Waals surface area (Å²) in [6.45, 7) is 1.67. The van der Waals surface area contributed by atoms with Crippen molar-refractivity contribution in [3.8, 4) is 16.8 Å². The molecule has 3 heterocycles. The highest BCUT2D eigenvalue weighted by Crippen LogP contribution is 2.29. The minimum Gasteiger partial charge on any atom is -0.328 e. The molecule has 0 radical (unpaired) electrons. The Morgan fingerprint density at radius 3 is 2.53 bits per heavy atom. The van der Waals surface area contributed by atoms with E-state index in [2.05, 4.69) is 9.97 Å². The molecule has 30 heavy (non-hydrogen) atoms. The van der Waals surface area contributed by atoms with Crippen LogP contribution in [0.15, 0.2) is 82.6 Å². The number of H-pyrrole nitrogens is 1. The Balaban J connectivity index is 1.87. The van der Waals surface area contributed by atoms with E-state index in [1.54, 1.807) is 48.1 Å². The van der Waals surface area contributed by atoms with Crippen LogP contribution in [-0.4, -0.2) is 14.5 Å². The van der Waals surface area contributed by atoms with E-state index in [9.17, 15) is 14.0 Å². The van der Waals surface area contributed by atoms with E-state index in [1.165, 1.54) is 18.2 Å². The lowest BCUT2D eigenvalue weighted by molar-refractivity contribution is 0.618. The number of rotatable bonds is 2. The topological polar surface area (TPSA) is 67.8 Å². The summed E-state index contributed by atoms with van der Waals surface area (Å²) in [5.74, 6) is -0.320. The van der Waals surface area contributed by atoms with Gasteiger partial charge in [-0.1, -0.05) is 6.07 Å². The van der Waals surface area contributed by atoms with Crippen LogP contribution in [-0.2, 0) is 0 Å². The Kier molecular flexibility index (Phi) is 4.06. The molecule has 6 heteroatoms. The van der Waals surface area contributed by atoms with Gasteiger partial charge >= 0.3 is 0 Å². The first kappa shape index (κ1) is 18.0. The van der Waals surface area contributed by atoms with Gasteiger partial charge in [-0.3, -0.25) is 19.1 Å². The highest BCUT2D eigenvalue weighted by Gasteiger charge is 2.12. The summed E-state index contributed by atoms with van der Waals surface area (Å²) >= 11 is 0. The average molecular weight is 397 g/mol. The zero-order valence-electron chi connectivity index (χ0n) is 16.0. The van der Waals surface area contributed by atoms with E-state index in [0.717, 1.165) is 27.4 Å². The maximum Gasteiger partial charge on any atom is 0.255 e. The van der Waals surface area contributed by atoms with Gasteiger partial charge in [0.1, 0.15) is 5.82 Å². The third-order valence-electron chi connectivity index (χ3n) is 5.23. The van der Waals surface area contributed by atoms with E-state index >= 15 is 0 Å². The fourth-order valence-electron chi connectivity index (χ4n) is 3.71. The van der Waals surface area contributed by atoms with Crippen molar-refractivity contribution < 1.29 is 4.39 Å². The van der Waals surface area contributed by atoms with Gasteiger partial charge in [-0.2, -0.15) is 0 Å². The Morgan fingerprint density at radius 2 is 1.77 bits per heavy atom. The number of nitrogens with one attached hydrogen (secondary N) is 1. The number of aromatic amines is 1. The van der Waals surface area contributed by atoms with Gasteiger partial charge in [0.15, 0.2) is 0 Å². The minimum atomic E-state index is -0.320. The third kappa shape index (κ3) is 2.90. The standard InChI is InChI=1S/C24H16FN3O2/c1-14-10-18(5-6-20(14)25)28-23(30)9-4-17-13-26-21-7-2-15(11-19(21)24(17)28)16-3-8-22(29)27-12-16/h2-13H,1H3,(H,27,29). The number of nitrogens with zero attached hydrogens (tertiary/aromatic N) is 2. The summed E-state index contributed by atoms with van der Waals surface area (Å²) in [6.07, 6.45) is 3.38. The lowest BCUT2D eigenvalue weighted by atomic mass is 10.0. The number of aryl methyl sites for hydroxylation is 1. The van der Waals surface area contributed by atoms with Gasteiger partial charge in [-0.25, -0.2) is 4.39 Å². The summed E-state index contributed by atoms with van der Waals surface area (Å²) in [5, 5.41) is 1.58. The number of hydrogen-bond donors (Lipinski definition) is 1. The van der Waals surface area contributed by atoms with Crippen molar-refractivity contribution in [3.05, 3.63) is 105 Å². The monoisotopic (exact) mass is 397 g/mol. The van der Waals surface area contributed by atoms with Gasteiger partial charge in [0.25, 0.3) is 5.56 Å². The number of benzene rings is 2. The first-order valence-corrected chi connectivity index (χ1v) is 9.41. The molecular formula is C24H16FN3O2. The molecule has 146 valence electrons. The predicted molar refractivity (Wildman–Crippen MR) is 116 cm³/mol. The number of hydrogen-bond acceptors (Lipinski definition) is 3. The fraction of sp³-hybridized carbons (Fsp3) is 0.0417. The Labute approximate surface area is 170 Å². The van der Waals surface area contributed by atoms with Gasteiger partial charge in [-0.05, 0) is 66.1 Å². The molecule has 0 fully saturated rings. The molecule has 5 aromatic rings. The van der Waals surface area contributed by atoms with Crippen molar-refractivity contribution >= 4 is 21.8 Å². The Morgan fingerprint density at radius 1 is 0.933 bits per heavy atom. The van der Waals surface area contributed by atoms with E-state index in [0.29, 0.717) is 16.8 Å². The lowest BCUT2D eigenvalue weighted by Gasteiger charge is -2.14. The van der Waals surface area contributed by atoms with Crippen LogP contribution in [0.4, 0.5) is 4.39 Å². The van der Waals surface area contributed by atoms with Crippen molar-refractivity contribution in [2.75, 3.05) is 0 Å². The Bertz CT molecular complexity index is 1550. The Hall–Kier alpha value is -4.06. The van der Waals surface area contributed by atoms with E-state index in [1.807, 2.05) is 18.2 Å². The summed E-state index contributed by atoms with van der Waals surface area (Å²) in [4.78, 5) is 31.5. The van der Waals surface area contributed by atoms with Gasteiger partial charge in [0, 0.05) is 41.0 Å². The molecule has 0 unspecified atom stereocenters. The molecule has 0 spiro atoms. The molecule has 5 rings (SSSR count). The predicted octanol–water partition coefficient (Wildman–Crippen LogP) is 4.34. The highest BCUT2D eigenvalue weighted by atomic mass is 19.1. The summed E-state index contributed by atoms with van der Waals surface area (Å²) in [6, 6.07) is 16.8. The van der Waals surface area contributed by atoms with Gasteiger partial charge in [0.05, 0.1) is 11.0 Å². The average Bonchev–Trinajstić information content (AvgIpc) is 2.76. The van der Waals surface area contributed by atoms with Crippen LogP contribution in [0.2, 0.25) is 0 Å². The lowest BCUT2D eigenvalue weighted by Crippen LogP contribution is -2.18. The van der Waals surface area contributed by atoms with Gasteiger partial charge in [-0.15, -0.1) is 0 Å². The van der Waals surface area contributed by atoms with Crippen molar-refractivity contribution in [2.45, 2.75) is 6.92 Å². The van der Waals surface area contributed by atoms with Crippen molar-refractivity contribution in [3.63, 3.8) is 0 Å². The van der Waals surface area contributed by atoms with E-state index in [4.69, 9.17) is 0 Å². The molecule has 0 aliphatic rings. The van der Waals surface area contributed by atoms with Crippen molar-refractivity contribution in [1.29, 1.82) is 0 Å². The second-order valence-corrected chi connectivity index (χ2v) is 7.18. The van der Waals surface area contributed by atoms with Crippen LogP contribution in [0.3, 0.4) is 0 Å². The number of aromatic nitrogens is 3. The molecule has 0 saturated carbocycles. The molecule has 0 saturated heterocycles. The SMILES string of the molecule is Cc1cc(-n2c(=O)ccc3cnc4ccc(-c5ccc(=O)[nH]c5)cc4c32)ccc1F. The normalized spacial score (nSPS) is 11.3. The van der Waals surface area contributed by atoms with Crippen LogP contribution in [0.1, 0.15) is 5.56 Å². The molecule has 0 bridgehead atoms. The smallest absolute Gasteiger partial charge is 0.255 e. The highest BCUT2D eigenvalue weighted by molar-refractivity contribution is 6.05. The summed E-state index contributed by atoms with van der Waals surface area (Å²) in [5.41, 5.74) is 3.82. The zero-order valence-corrected chi connectivity index (χ0v) is 16.0. The fourth-order valence-corrected chi connectivity index (χ4v) is 3.71. The second-order valence-electron chi connectivity index (χ2n) is 7.18. The van der Waals surface area contributed by atoms with Crippen LogP contribution in [0, 0.1) is 12.7 Å². The second kappa shape index (κ2) is 6.77. The first-order valence-electron chi connectivity index (χ1n) is 9.41. The molecule has 3 aromatic heterocycles. The van der Waals surface area contributed by atoms with Crippen LogP contribution < -0.4 is 11.1 Å². The maximum atomic E-state index is 13.8. The molecular weight excluding hydrogens is 381 g/mol. The maximum absolute atomic E-state index is 13.8. The molecule has 0 atom stereocenters. The first-order chi connectivity index (χ1) is 14.5. The van der Waals surface area contributed by atoms with E-state index < -0.39 is 0 Å². The van der Waals surface area contributed by atoms with Gasteiger partial charge in [0.2, 0.25) is 5.56 Å². The quantitative estimate of drug-likeness (QED) is 0.451. The molecule has 0 amide bonds. The minimum absolute atomic E-state index is 0.174. The van der Waals surface area contributed by atoms with Crippen LogP contribution in [0.25, 0.3) is 38.6 Å². The molecule has 0 aliphatic carbocycles. The molecule has 2 aromatic carbocycles. The van der Waals surface area contributed by atoms with Gasteiger partial charge < -0.3 is 4.98 Å². The third-order valence-corrected chi connectivity index (χ3v) is 5.23. The molecule has 1 N–H and O–H groups in total. The molecule has 5 nitrogen and oxygen atoms in total. The molecule has 0 aliphatic heterocycles. The largest absolute Gasteiger partial charge is 0.328 e. The van der Waals surface area contributed by atoms with Crippen molar-refractivity contribution in [2.24, 2.45) is 0 Å². The zero-order chi connectivity index (χ0) is 20.8. The summed E-state index contributed by atoms with van der Waals surface area (Å²) < 4.78 is 15.4.